The van der Waals surface area contributed by atoms with Crippen molar-refractivity contribution < 1.29 is 19.3 Å². The summed E-state index contributed by atoms with van der Waals surface area (Å²) in [5.41, 5.74) is 0.773. The normalized spacial score (nSPS) is 10.6. The highest BCUT2D eigenvalue weighted by Crippen LogP contribution is 2.25. The van der Waals surface area contributed by atoms with Crippen molar-refractivity contribution in [2.75, 3.05) is 33.5 Å². The average molecular weight is 275 g/mol. The molecule has 4 nitrogen and oxygen atoms in total. The Morgan fingerprint density at radius 1 is 1.17 bits per heavy atom. The molecule has 1 aromatic rings. The molecule has 0 aliphatic carbocycles. The van der Waals surface area contributed by atoms with E-state index in [1.54, 1.807) is 25.3 Å². The van der Waals surface area contributed by atoms with E-state index in [0.717, 1.165) is 12.0 Å². The maximum absolute atomic E-state index is 8.94. The molecule has 0 unspecified atom stereocenters. The molecule has 5 heteroatoms. The van der Waals surface area contributed by atoms with Gasteiger partial charge in [0.15, 0.2) is 0 Å². The van der Waals surface area contributed by atoms with Gasteiger partial charge < -0.3 is 19.3 Å². The fourth-order valence-corrected chi connectivity index (χ4v) is 1.60. The molecule has 0 aliphatic heterocycles. The van der Waals surface area contributed by atoms with E-state index in [4.69, 9.17) is 30.9 Å². The number of halogens is 1. The van der Waals surface area contributed by atoms with Crippen molar-refractivity contribution in [1.82, 2.24) is 0 Å². The number of aliphatic hydroxyl groups is 1. The number of ether oxygens (including phenoxy) is 3. The van der Waals surface area contributed by atoms with E-state index in [2.05, 4.69) is 0 Å². The molecule has 18 heavy (non-hydrogen) atoms. The second-order valence-corrected chi connectivity index (χ2v) is 4.14. The minimum Gasteiger partial charge on any atom is -0.492 e. The monoisotopic (exact) mass is 274 g/mol. The molecule has 0 saturated carbocycles. The third kappa shape index (κ3) is 5.69. The maximum atomic E-state index is 8.94. The summed E-state index contributed by atoms with van der Waals surface area (Å²) >= 11 is 6.01. The van der Waals surface area contributed by atoms with Gasteiger partial charge in [-0.15, -0.1) is 0 Å². The second kappa shape index (κ2) is 9.16. The van der Waals surface area contributed by atoms with Gasteiger partial charge >= 0.3 is 0 Å². The molecule has 0 aromatic heterocycles. The molecule has 1 aromatic carbocycles. The fraction of sp³-hybridized carbons (Fsp3) is 0.538. The lowest BCUT2D eigenvalue weighted by molar-refractivity contribution is 0.0644. The molecule has 1 rings (SSSR count). The Kier molecular flexibility index (Phi) is 7.76. The van der Waals surface area contributed by atoms with Crippen LogP contribution in [0.15, 0.2) is 18.2 Å². The first-order chi connectivity index (χ1) is 8.77. The topological polar surface area (TPSA) is 47.9 Å². The smallest absolute Gasteiger partial charge is 0.137 e. The largest absolute Gasteiger partial charge is 0.492 e. The molecule has 1 N–H and O–H groups in total. The molecule has 0 radical (unpaired) electrons. The highest BCUT2D eigenvalue weighted by atomic mass is 35.5. The summed E-state index contributed by atoms with van der Waals surface area (Å²) in [6.45, 7) is 2.37. The quantitative estimate of drug-likeness (QED) is 0.702. The van der Waals surface area contributed by atoms with E-state index in [0.29, 0.717) is 37.2 Å². The van der Waals surface area contributed by atoms with Crippen LogP contribution in [0, 0.1) is 0 Å². The van der Waals surface area contributed by atoms with Crippen LogP contribution < -0.4 is 4.74 Å². The molecule has 0 atom stereocenters. The first-order valence-electron chi connectivity index (χ1n) is 5.86. The molecule has 0 amide bonds. The van der Waals surface area contributed by atoms with E-state index in [9.17, 15) is 0 Å². The zero-order chi connectivity index (χ0) is 13.2. The van der Waals surface area contributed by atoms with Crippen molar-refractivity contribution in [1.29, 1.82) is 0 Å². The van der Waals surface area contributed by atoms with Crippen LogP contribution in [0.25, 0.3) is 0 Å². The first-order valence-corrected chi connectivity index (χ1v) is 6.24. The van der Waals surface area contributed by atoms with Gasteiger partial charge in [0.05, 0.1) is 31.5 Å². The van der Waals surface area contributed by atoms with Crippen molar-refractivity contribution in [2.45, 2.75) is 13.0 Å². The van der Waals surface area contributed by atoms with E-state index in [1.165, 1.54) is 0 Å². The van der Waals surface area contributed by atoms with Crippen LogP contribution in [0.1, 0.15) is 12.0 Å². The lowest BCUT2D eigenvalue weighted by Crippen LogP contribution is -2.07. The predicted molar refractivity (Wildman–Crippen MR) is 70.2 cm³/mol. The molecule has 0 heterocycles. The van der Waals surface area contributed by atoms with Crippen molar-refractivity contribution in [3.05, 3.63) is 28.8 Å². The SMILES string of the molecule is COCCOCCCOc1ccc(CO)cc1Cl. The van der Waals surface area contributed by atoms with Gasteiger partial charge in [-0.05, 0) is 17.7 Å². The number of aliphatic hydroxyl groups excluding tert-OH is 1. The number of rotatable bonds is 9. The lowest BCUT2D eigenvalue weighted by Gasteiger charge is -2.09. The number of hydrogen-bond acceptors (Lipinski definition) is 4. The Hall–Kier alpha value is -0.810. The Balaban J connectivity index is 2.19. The highest BCUT2D eigenvalue weighted by molar-refractivity contribution is 6.32. The van der Waals surface area contributed by atoms with Gasteiger partial charge in [0, 0.05) is 20.1 Å². The molecule has 0 bridgehead atoms. The highest BCUT2D eigenvalue weighted by Gasteiger charge is 2.02. The van der Waals surface area contributed by atoms with Gasteiger partial charge in [0.2, 0.25) is 0 Å². The van der Waals surface area contributed by atoms with Crippen LogP contribution in [-0.2, 0) is 16.1 Å². The van der Waals surface area contributed by atoms with Gasteiger partial charge in [0.25, 0.3) is 0 Å². The molecule has 0 saturated heterocycles. The van der Waals surface area contributed by atoms with Crippen LogP contribution >= 0.6 is 11.6 Å². The van der Waals surface area contributed by atoms with Crippen LogP contribution in [0.4, 0.5) is 0 Å². The molecular weight excluding hydrogens is 256 g/mol. The maximum Gasteiger partial charge on any atom is 0.137 e. The summed E-state index contributed by atoms with van der Waals surface area (Å²) in [5, 5.41) is 9.46. The van der Waals surface area contributed by atoms with Crippen molar-refractivity contribution in [3.63, 3.8) is 0 Å². The first kappa shape index (κ1) is 15.2. The fourth-order valence-electron chi connectivity index (χ4n) is 1.35. The molecule has 102 valence electrons. The minimum atomic E-state index is -0.0205. The Bertz CT molecular complexity index is 344. The standard InChI is InChI=1S/C13H19ClO4/c1-16-7-8-17-5-2-6-18-13-4-3-11(10-15)9-12(13)14/h3-4,9,15H,2,5-8,10H2,1H3. The van der Waals surface area contributed by atoms with Gasteiger partial charge in [-0.3, -0.25) is 0 Å². The van der Waals surface area contributed by atoms with E-state index in [1.807, 2.05) is 0 Å². The van der Waals surface area contributed by atoms with Crippen LogP contribution in [0.2, 0.25) is 5.02 Å². The molecule has 0 spiro atoms. The van der Waals surface area contributed by atoms with Crippen molar-refractivity contribution in [3.8, 4) is 5.75 Å². The molecule has 0 aliphatic rings. The lowest BCUT2D eigenvalue weighted by atomic mass is 10.2. The Morgan fingerprint density at radius 3 is 2.67 bits per heavy atom. The van der Waals surface area contributed by atoms with Crippen LogP contribution in [0.5, 0.6) is 5.75 Å². The second-order valence-electron chi connectivity index (χ2n) is 3.73. The van der Waals surface area contributed by atoms with E-state index < -0.39 is 0 Å². The summed E-state index contributed by atoms with van der Waals surface area (Å²) < 4.78 is 15.7. The van der Waals surface area contributed by atoms with E-state index >= 15 is 0 Å². The number of benzene rings is 1. The number of methoxy groups -OCH3 is 1. The Morgan fingerprint density at radius 2 is 2.00 bits per heavy atom. The van der Waals surface area contributed by atoms with Gasteiger partial charge in [-0.2, -0.15) is 0 Å². The van der Waals surface area contributed by atoms with Crippen LogP contribution in [0.3, 0.4) is 0 Å². The molecular formula is C13H19ClO4. The summed E-state index contributed by atoms with van der Waals surface area (Å²) in [4.78, 5) is 0. The zero-order valence-electron chi connectivity index (χ0n) is 10.5. The predicted octanol–water partition coefficient (Wildman–Crippen LogP) is 2.26. The third-order valence-electron chi connectivity index (χ3n) is 2.30. The van der Waals surface area contributed by atoms with Crippen LogP contribution in [-0.4, -0.2) is 38.6 Å². The number of hydrogen-bond donors (Lipinski definition) is 1. The minimum absolute atomic E-state index is 0.0205. The summed E-state index contributed by atoms with van der Waals surface area (Å²) in [6.07, 6.45) is 0.793. The van der Waals surface area contributed by atoms with Gasteiger partial charge in [0.1, 0.15) is 5.75 Å². The summed E-state index contributed by atoms with van der Waals surface area (Å²) in [5.74, 6) is 0.630. The summed E-state index contributed by atoms with van der Waals surface area (Å²) in [6, 6.07) is 5.25. The van der Waals surface area contributed by atoms with Crippen molar-refractivity contribution in [2.24, 2.45) is 0 Å². The molecule has 0 fully saturated rings. The van der Waals surface area contributed by atoms with Gasteiger partial charge in [-0.1, -0.05) is 17.7 Å². The van der Waals surface area contributed by atoms with Crippen molar-refractivity contribution >= 4 is 11.6 Å². The Labute approximate surface area is 112 Å². The third-order valence-corrected chi connectivity index (χ3v) is 2.60. The summed E-state index contributed by atoms with van der Waals surface area (Å²) in [7, 11) is 1.64. The average Bonchev–Trinajstić information content (AvgIpc) is 2.39. The zero-order valence-corrected chi connectivity index (χ0v) is 11.3. The van der Waals surface area contributed by atoms with E-state index in [-0.39, 0.29) is 6.61 Å². The van der Waals surface area contributed by atoms with Gasteiger partial charge in [-0.25, -0.2) is 0 Å².